The number of H-pyrrole nitrogens is 1. The van der Waals surface area contributed by atoms with Gasteiger partial charge in [0.05, 0.1) is 33.9 Å². The Morgan fingerprint density at radius 1 is 1.24 bits per heavy atom. The van der Waals surface area contributed by atoms with Crippen LogP contribution in [0.3, 0.4) is 0 Å². The molecule has 0 saturated carbocycles. The molecule has 0 aliphatic carbocycles. The van der Waals surface area contributed by atoms with E-state index in [0.717, 1.165) is 5.56 Å². The summed E-state index contributed by atoms with van der Waals surface area (Å²) in [5.41, 5.74) is 3.30. The van der Waals surface area contributed by atoms with Crippen LogP contribution in [-0.2, 0) is 11.0 Å². The zero-order chi connectivity index (χ0) is 24.4. The summed E-state index contributed by atoms with van der Waals surface area (Å²) in [6.45, 7) is 2.66. The molecule has 178 valence electrons. The largest absolute Gasteiger partial charge is 0.480 e. The molecule has 4 aromatic rings. The number of anilines is 1. The maximum absolute atomic E-state index is 13.2. The number of hydrogen-bond acceptors (Lipinski definition) is 6. The Hall–Kier alpha value is -3.31. The van der Waals surface area contributed by atoms with E-state index in [1.807, 2.05) is 19.1 Å². The van der Waals surface area contributed by atoms with Crippen LogP contribution in [0.25, 0.3) is 22.2 Å². The summed E-state index contributed by atoms with van der Waals surface area (Å²) in [5.74, 6) is -0.0660. The molecule has 0 radical (unpaired) electrons. The highest BCUT2D eigenvalue weighted by Crippen LogP contribution is 2.37. The lowest BCUT2D eigenvalue weighted by atomic mass is 10.0. The number of ether oxygens (including phenoxy) is 2. The number of pyridine rings is 1. The van der Waals surface area contributed by atoms with Gasteiger partial charge in [-0.25, -0.2) is 18.0 Å². The predicted octanol–water partition coefficient (Wildman–Crippen LogP) is 5.08. The van der Waals surface area contributed by atoms with E-state index in [9.17, 15) is 13.0 Å². The molecule has 1 aromatic carbocycles. The monoisotopic (exact) mass is 507 g/mol. The van der Waals surface area contributed by atoms with Crippen LogP contribution in [0.5, 0.6) is 11.6 Å². The standard InChI is InChI=1S/C22H20ClF2N5O3S/c1-11-5-4-8-26-18(11)17-14(23)7-6-13-15(9-27-19(13)17)34(31)30-22-28-12(2)20(21(29-22)32-3)33-10-16(24)25/h4-9,16,27H,10H2,1-3H3,(H,28,29,30). The maximum Gasteiger partial charge on any atom is 0.272 e. The normalized spacial score (nSPS) is 12.2. The lowest BCUT2D eigenvalue weighted by molar-refractivity contribution is 0.0795. The van der Waals surface area contributed by atoms with Gasteiger partial charge in [0.2, 0.25) is 11.7 Å². The van der Waals surface area contributed by atoms with Gasteiger partial charge in [-0.2, -0.15) is 4.98 Å². The van der Waals surface area contributed by atoms with Gasteiger partial charge in [-0.1, -0.05) is 23.7 Å². The maximum atomic E-state index is 13.2. The average molecular weight is 508 g/mol. The quantitative estimate of drug-likeness (QED) is 0.345. The molecule has 0 saturated heterocycles. The molecule has 0 spiro atoms. The number of nitrogens with one attached hydrogen (secondary N) is 2. The molecule has 0 amide bonds. The van der Waals surface area contributed by atoms with Crippen molar-refractivity contribution in [3.8, 4) is 22.9 Å². The summed E-state index contributed by atoms with van der Waals surface area (Å²) in [6, 6.07) is 7.26. The number of fused-ring (bicyclic) bond motifs is 1. The first kappa shape index (κ1) is 23.8. The van der Waals surface area contributed by atoms with Crippen LogP contribution in [0.2, 0.25) is 5.02 Å². The number of benzene rings is 1. The summed E-state index contributed by atoms with van der Waals surface area (Å²) in [6.07, 6.45) is 0.628. The number of rotatable bonds is 8. The molecule has 2 N–H and O–H groups in total. The number of alkyl halides is 2. The Bertz CT molecular complexity index is 1380. The first-order valence-electron chi connectivity index (χ1n) is 10.0. The molecule has 4 rings (SSSR count). The predicted molar refractivity (Wildman–Crippen MR) is 126 cm³/mol. The molecule has 3 heterocycles. The van der Waals surface area contributed by atoms with E-state index in [1.54, 1.807) is 31.5 Å². The van der Waals surface area contributed by atoms with Crippen LogP contribution in [0, 0.1) is 13.8 Å². The number of aromatic nitrogens is 4. The molecular weight excluding hydrogens is 488 g/mol. The summed E-state index contributed by atoms with van der Waals surface area (Å²) in [4.78, 5) is 16.3. The second-order valence-electron chi connectivity index (χ2n) is 7.21. The highest BCUT2D eigenvalue weighted by atomic mass is 35.5. The Morgan fingerprint density at radius 2 is 2.03 bits per heavy atom. The molecule has 8 nitrogen and oxygen atoms in total. The van der Waals surface area contributed by atoms with Gasteiger partial charge in [-0.15, -0.1) is 0 Å². The van der Waals surface area contributed by atoms with Crippen LogP contribution in [0.1, 0.15) is 11.3 Å². The molecule has 0 fully saturated rings. The first-order chi connectivity index (χ1) is 16.3. The van der Waals surface area contributed by atoms with Crippen LogP contribution < -0.4 is 14.2 Å². The first-order valence-corrected chi connectivity index (χ1v) is 11.6. The van der Waals surface area contributed by atoms with Gasteiger partial charge in [0.15, 0.2) is 11.0 Å². The van der Waals surface area contributed by atoms with Crippen molar-refractivity contribution in [3.05, 3.63) is 52.9 Å². The lowest BCUT2D eigenvalue weighted by Gasteiger charge is -2.13. The highest BCUT2D eigenvalue weighted by Gasteiger charge is 2.21. The number of nitrogens with zero attached hydrogens (tertiary/aromatic N) is 3. The minimum atomic E-state index is -2.66. The fourth-order valence-electron chi connectivity index (χ4n) is 3.45. The van der Waals surface area contributed by atoms with Crippen molar-refractivity contribution < 1.29 is 22.5 Å². The van der Waals surface area contributed by atoms with E-state index in [-0.39, 0.29) is 23.3 Å². The van der Waals surface area contributed by atoms with E-state index < -0.39 is 24.0 Å². The Morgan fingerprint density at radius 3 is 2.74 bits per heavy atom. The van der Waals surface area contributed by atoms with Crippen LogP contribution in [0.15, 0.2) is 41.6 Å². The van der Waals surface area contributed by atoms with Crippen molar-refractivity contribution in [1.29, 1.82) is 0 Å². The molecule has 12 heteroatoms. The fraction of sp³-hybridized carbons (Fsp3) is 0.227. The van der Waals surface area contributed by atoms with Crippen molar-refractivity contribution in [2.45, 2.75) is 25.2 Å². The molecule has 3 aromatic heterocycles. The van der Waals surface area contributed by atoms with Crippen molar-refractivity contribution in [1.82, 2.24) is 19.9 Å². The summed E-state index contributed by atoms with van der Waals surface area (Å²) in [7, 11) is -0.455. The van der Waals surface area contributed by atoms with E-state index in [2.05, 4.69) is 24.7 Å². The third-order valence-electron chi connectivity index (χ3n) is 4.95. The molecule has 0 aliphatic rings. The van der Waals surface area contributed by atoms with Gasteiger partial charge < -0.3 is 14.5 Å². The van der Waals surface area contributed by atoms with E-state index in [4.69, 9.17) is 21.1 Å². The van der Waals surface area contributed by atoms with Crippen LogP contribution >= 0.6 is 11.6 Å². The SMILES string of the molecule is COc1nc(NS(=O)c2c[nH]c3c(-c4ncccc4C)c(Cl)ccc23)nc(C)c1OCC(F)F. The smallest absolute Gasteiger partial charge is 0.272 e. The minimum Gasteiger partial charge on any atom is -0.480 e. The summed E-state index contributed by atoms with van der Waals surface area (Å²) in [5, 5.41) is 1.18. The Kier molecular flexibility index (Phi) is 6.94. The topological polar surface area (TPSA) is 102 Å². The van der Waals surface area contributed by atoms with Crippen molar-refractivity contribution >= 4 is 39.4 Å². The van der Waals surface area contributed by atoms with Gasteiger partial charge in [0.1, 0.15) is 6.61 Å². The number of methoxy groups -OCH3 is 1. The summed E-state index contributed by atoms with van der Waals surface area (Å²) >= 11 is 6.49. The molecule has 0 bridgehead atoms. The Labute approximate surface area is 201 Å². The van der Waals surface area contributed by atoms with Crippen molar-refractivity contribution in [2.75, 3.05) is 18.4 Å². The third-order valence-corrected chi connectivity index (χ3v) is 6.37. The number of halogens is 3. The van der Waals surface area contributed by atoms with Gasteiger partial charge in [0.25, 0.3) is 12.3 Å². The van der Waals surface area contributed by atoms with Crippen LogP contribution in [-0.4, -0.2) is 44.3 Å². The second-order valence-corrected chi connectivity index (χ2v) is 8.80. The molecule has 1 atom stereocenters. The molecular formula is C22H20ClF2N5O3S. The van der Waals surface area contributed by atoms with Crippen molar-refractivity contribution in [2.24, 2.45) is 0 Å². The van der Waals surface area contributed by atoms with Crippen molar-refractivity contribution in [3.63, 3.8) is 0 Å². The Balaban J connectivity index is 1.68. The zero-order valence-electron chi connectivity index (χ0n) is 18.4. The van der Waals surface area contributed by atoms with E-state index in [0.29, 0.717) is 32.1 Å². The number of hydrogen-bond donors (Lipinski definition) is 2. The highest BCUT2D eigenvalue weighted by molar-refractivity contribution is 7.86. The van der Waals surface area contributed by atoms with E-state index >= 15 is 0 Å². The van der Waals surface area contributed by atoms with Crippen LogP contribution in [0.4, 0.5) is 14.7 Å². The molecule has 1 unspecified atom stereocenters. The van der Waals surface area contributed by atoms with Gasteiger partial charge >= 0.3 is 0 Å². The molecule has 0 aliphatic heterocycles. The average Bonchev–Trinajstić information content (AvgIpc) is 3.23. The number of aromatic amines is 1. The van der Waals surface area contributed by atoms with Gasteiger partial charge in [0, 0.05) is 23.3 Å². The number of aryl methyl sites for hydroxylation is 2. The second kappa shape index (κ2) is 9.90. The van der Waals surface area contributed by atoms with Gasteiger partial charge in [-0.05, 0) is 31.5 Å². The van der Waals surface area contributed by atoms with E-state index in [1.165, 1.54) is 7.11 Å². The lowest BCUT2D eigenvalue weighted by Crippen LogP contribution is -2.13. The zero-order valence-corrected chi connectivity index (χ0v) is 19.9. The third kappa shape index (κ3) is 4.66. The minimum absolute atomic E-state index is 0.00348. The summed E-state index contributed by atoms with van der Waals surface area (Å²) < 4.78 is 51.2. The fourth-order valence-corrected chi connectivity index (χ4v) is 4.60. The van der Waals surface area contributed by atoms with Gasteiger partial charge in [-0.3, -0.25) is 9.71 Å². The molecule has 34 heavy (non-hydrogen) atoms.